The van der Waals surface area contributed by atoms with Crippen LogP contribution in [-0.4, -0.2) is 34.0 Å². The minimum Gasteiger partial charge on any atom is -0.494 e. The number of hydrogen-bond donors (Lipinski definition) is 1. The second-order valence-electron chi connectivity index (χ2n) is 4.94. The number of benzene rings is 1. The van der Waals surface area contributed by atoms with Gasteiger partial charge in [0.05, 0.1) is 25.2 Å². The second kappa shape index (κ2) is 7.13. The monoisotopic (exact) mass is 290 g/mol. The normalized spacial score (nSPS) is 12.2. The summed E-state index contributed by atoms with van der Waals surface area (Å²) in [5.74, 6) is 1.53. The molecule has 1 aromatic carbocycles. The van der Waals surface area contributed by atoms with Gasteiger partial charge in [-0.15, -0.1) is 0 Å². The molecule has 0 fully saturated rings. The van der Waals surface area contributed by atoms with Crippen molar-refractivity contribution in [2.75, 3.05) is 13.2 Å². The van der Waals surface area contributed by atoms with E-state index < -0.39 is 6.10 Å². The molecule has 0 aliphatic rings. The summed E-state index contributed by atoms with van der Waals surface area (Å²) in [5, 5.41) is 10.0. The van der Waals surface area contributed by atoms with Crippen molar-refractivity contribution >= 4 is 0 Å². The van der Waals surface area contributed by atoms with Gasteiger partial charge in [0.15, 0.2) is 0 Å². The minimum atomic E-state index is -0.580. The summed E-state index contributed by atoms with van der Waals surface area (Å²) in [6.45, 7) is 7.24. The third kappa shape index (κ3) is 4.23. The van der Waals surface area contributed by atoms with Gasteiger partial charge in [-0.05, 0) is 45.0 Å². The molecule has 2 rings (SSSR count). The van der Waals surface area contributed by atoms with Crippen LogP contribution in [0, 0.1) is 13.8 Å². The molecule has 0 aliphatic carbocycles. The Bertz CT molecular complexity index is 563. The molecule has 0 saturated heterocycles. The molecule has 1 aromatic heterocycles. The quantitative estimate of drug-likeness (QED) is 0.850. The van der Waals surface area contributed by atoms with Crippen LogP contribution in [0.3, 0.4) is 0 Å². The highest BCUT2D eigenvalue weighted by Gasteiger charge is 2.09. The summed E-state index contributed by atoms with van der Waals surface area (Å²) in [6.07, 6.45) is 1.16. The van der Waals surface area contributed by atoms with E-state index >= 15 is 0 Å². The van der Waals surface area contributed by atoms with Crippen LogP contribution >= 0.6 is 0 Å². The van der Waals surface area contributed by atoms with Gasteiger partial charge >= 0.3 is 0 Å². The van der Waals surface area contributed by atoms with E-state index in [1.54, 1.807) is 6.33 Å². The molecule has 0 radical (unpaired) electrons. The molecule has 1 atom stereocenters. The van der Waals surface area contributed by atoms with Gasteiger partial charge in [-0.25, -0.2) is 4.98 Å². The van der Waals surface area contributed by atoms with E-state index in [1.165, 1.54) is 0 Å². The molecule has 5 nitrogen and oxygen atoms in total. The molecule has 0 amide bonds. The lowest BCUT2D eigenvalue weighted by Gasteiger charge is -2.14. The number of aromatic nitrogens is 2. The zero-order valence-corrected chi connectivity index (χ0v) is 12.7. The number of aryl methyl sites for hydroxylation is 1. The summed E-state index contributed by atoms with van der Waals surface area (Å²) >= 11 is 0. The number of rotatable bonds is 7. The van der Waals surface area contributed by atoms with Gasteiger partial charge in [0.1, 0.15) is 24.2 Å². The third-order valence-corrected chi connectivity index (χ3v) is 3.33. The minimum absolute atomic E-state index is 0.241. The highest BCUT2D eigenvalue weighted by atomic mass is 16.5. The summed E-state index contributed by atoms with van der Waals surface area (Å²) in [6, 6.07) is 7.39. The number of aliphatic hydroxyl groups excluding tert-OH is 1. The van der Waals surface area contributed by atoms with E-state index in [-0.39, 0.29) is 6.61 Å². The van der Waals surface area contributed by atoms with Crippen LogP contribution < -0.4 is 9.47 Å². The first-order chi connectivity index (χ1) is 10.1. The molecule has 1 N–H and O–H groups in total. The average Bonchev–Trinajstić information content (AvgIpc) is 2.79. The van der Waals surface area contributed by atoms with Crippen molar-refractivity contribution in [1.29, 1.82) is 0 Å². The lowest BCUT2D eigenvalue weighted by Crippen LogP contribution is -2.23. The Kier molecular flexibility index (Phi) is 5.22. The molecule has 2 aromatic rings. The van der Waals surface area contributed by atoms with Crippen molar-refractivity contribution in [2.24, 2.45) is 0 Å². The number of imidazole rings is 1. The van der Waals surface area contributed by atoms with Crippen LogP contribution in [0.25, 0.3) is 0 Å². The van der Waals surface area contributed by atoms with Gasteiger partial charge in [-0.2, -0.15) is 0 Å². The summed E-state index contributed by atoms with van der Waals surface area (Å²) in [5.41, 5.74) is 2.05. The largest absolute Gasteiger partial charge is 0.494 e. The molecule has 0 aliphatic heterocycles. The van der Waals surface area contributed by atoms with Crippen molar-refractivity contribution in [3.8, 4) is 11.5 Å². The second-order valence-corrected chi connectivity index (χ2v) is 4.94. The standard InChI is InChI=1S/C16H22N2O3/c1-4-20-15-5-7-16(8-6-15)21-10-14(19)9-18-11-17-12(2)13(18)3/h5-8,11,14,19H,4,9-10H2,1-3H3. The topological polar surface area (TPSA) is 56.5 Å². The number of hydrogen-bond acceptors (Lipinski definition) is 4. The fraction of sp³-hybridized carbons (Fsp3) is 0.438. The number of nitrogens with zero attached hydrogens (tertiary/aromatic N) is 2. The van der Waals surface area contributed by atoms with E-state index in [2.05, 4.69) is 4.98 Å². The van der Waals surface area contributed by atoms with Crippen molar-refractivity contribution in [3.05, 3.63) is 42.0 Å². The Hall–Kier alpha value is -2.01. The molecule has 5 heteroatoms. The maximum Gasteiger partial charge on any atom is 0.119 e. The molecule has 0 saturated carbocycles. The van der Waals surface area contributed by atoms with Crippen molar-refractivity contribution in [2.45, 2.75) is 33.4 Å². The van der Waals surface area contributed by atoms with E-state index in [0.29, 0.717) is 13.2 Å². The Balaban J connectivity index is 1.83. The van der Waals surface area contributed by atoms with Crippen molar-refractivity contribution < 1.29 is 14.6 Å². The van der Waals surface area contributed by atoms with Crippen LogP contribution in [0.2, 0.25) is 0 Å². The lowest BCUT2D eigenvalue weighted by molar-refractivity contribution is 0.0919. The van der Waals surface area contributed by atoms with Crippen LogP contribution in [0.15, 0.2) is 30.6 Å². The van der Waals surface area contributed by atoms with Gasteiger partial charge in [-0.1, -0.05) is 0 Å². The molecule has 114 valence electrons. The van der Waals surface area contributed by atoms with Crippen LogP contribution in [0.1, 0.15) is 18.3 Å². The fourth-order valence-electron chi connectivity index (χ4n) is 2.00. The first-order valence-corrected chi connectivity index (χ1v) is 7.12. The first-order valence-electron chi connectivity index (χ1n) is 7.12. The summed E-state index contributed by atoms with van der Waals surface area (Å²) < 4.78 is 12.9. The van der Waals surface area contributed by atoms with Crippen molar-refractivity contribution in [3.63, 3.8) is 0 Å². The smallest absolute Gasteiger partial charge is 0.119 e. The molecule has 1 unspecified atom stereocenters. The summed E-state index contributed by atoms with van der Waals surface area (Å²) in [4.78, 5) is 4.21. The number of ether oxygens (including phenoxy) is 2. The van der Waals surface area contributed by atoms with Crippen LogP contribution in [0.4, 0.5) is 0 Å². The molecular weight excluding hydrogens is 268 g/mol. The molecule has 21 heavy (non-hydrogen) atoms. The van der Waals surface area contributed by atoms with Gasteiger partial charge < -0.3 is 19.1 Å². The average molecular weight is 290 g/mol. The maximum atomic E-state index is 10.0. The van der Waals surface area contributed by atoms with Gasteiger partial charge in [-0.3, -0.25) is 0 Å². The van der Waals surface area contributed by atoms with E-state index in [9.17, 15) is 5.11 Å². The van der Waals surface area contributed by atoms with Gasteiger partial charge in [0.2, 0.25) is 0 Å². The zero-order valence-electron chi connectivity index (χ0n) is 12.7. The van der Waals surface area contributed by atoms with Crippen LogP contribution in [-0.2, 0) is 6.54 Å². The van der Waals surface area contributed by atoms with E-state index in [1.807, 2.05) is 49.6 Å². The molecule has 0 spiro atoms. The highest BCUT2D eigenvalue weighted by Crippen LogP contribution is 2.17. The Morgan fingerprint density at radius 2 is 1.76 bits per heavy atom. The van der Waals surface area contributed by atoms with Crippen molar-refractivity contribution in [1.82, 2.24) is 9.55 Å². The summed E-state index contributed by atoms with van der Waals surface area (Å²) in [7, 11) is 0. The molecule has 0 bridgehead atoms. The predicted octanol–water partition coefficient (Wildman–Crippen LogP) is 2.34. The third-order valence-electron chi connectivity index (χ3n) is 3.33. The van der Waals surface area contributed by atoms with Gasteiger partial charge in [0.25, 0.3) is 0 Å². The first kappa shape index (κ1) is 15.4. The Labute approximate surface area is 125 Å². The highest BCUT2D eigenvalue weighted by molar-refractivity contribution is 5.31. The maximum absolute atomic E-state index is 10.0. The van der Waals surface area contributed by atoms with E-state index in [4.69, 9.17) is 9.47 Å². The van der Waals surface area contributed by atoms with E-state index in [0.717, 1.165) is 22.9 Å². The van der Waals surface area contributed by atoms with Gasteiger partial charge in [0, 0.05) is 5.69 Å². The SMILES string of the molecule is CCOc1ccc(OCC(O)Cn2cnc(C)c2C)cc1. The molecule has 1 heterocycles. The predicted molar refractivity (Wildman–Crippen MR) is 80.8 cm³/mol. The molecular formula is C16H22N2O3. The zero-order chi connectivity index (χ0) is 15.2. The lowest BCUT2D eigenvalue weighted by atomic mass is 10.3. The Morgan fingerprint density at radius 1 is 1.14 bits per heavy atom. The number of aliphatic hydroxyl groups is 1. The fourth-order valence-corrected chi connectivity index (χ4v) is 2.00. The van der Waals surface area contributed by atoms with Crippen LogP contribution in [0.5, 0.6) is 11.5 Å². The Morgan fingerprint density at radius 3 is 2.29 bits per heavy atom.